The van der Waals surface area contributed by atoms with Gasteiger partial charge >= 0.3 is 11.9 Å². The van der Waals surface area contributed by atoms with E-state index in [4.69, 9.17) is 21.1 Å². The number of hydrogen-bond donors (Lipinski definition) is 3. The lowest BCUT2D eigenvalue weighted by atomic mass is 9.86. The molecule has 242 valence electrons. The molecule has 2 unspecified atom stereocenters. The first-order chi connectivity index (χ1) is 22.9. The Labute approximate surface area is 275 Å². The fraction of sp³-hybridized carbons (Fsp3) is 0.382. The molecule has 1 aromatic carbocycles. The van der Waals surface area contributed by atoms with Crippen molar-refractivity contribution in [1.82, 2.24) is 29.9 Å². The quantitative estimate of drug-likeness (QED) is 0.157. The van der Waals surface area contributed by atoms with E-state index in [2.05, 4.69) is 52.3 Å². The van der Waals surface area contributed by atoms with Crippen molar-refractivity contribution in [3.8, 4) is 0 Å². The van der Waals surface area contributed by atoms with Gasteiger partial charge in [-0.05, 0) is 86.8 Å². The molecule has 3 N–H and O–H groups in total. The van der Waals surface area contributed by atoms with Crippen molar-refractivity contribution in [3.63, 3.8) is 0 Å². The van der Waals surface area contributed by atoms with Gasteiger partial charge in [0.25, 0.3) is 0 Å². The monoisotopic (exact) mass is 654 g/mol. The molecule has 0 spiro atoms. The van der Waals surface area contributed by atoms with Crippen LogP contribution in [0.3, 0.4) is 0 Å². The number of esters is 2. The molecule has 12 nitrogen and oxygen atoms in total. The highest BCUT2D eigenvalue weighted by molar-refractivity contribution is 6.34. The molecule has 0 bridgehead atoms. The minimum absolute atomic E-state index is 0.0947. The second-order valence-corrected chi connectivity index (χ2v) is 12.2. The molecule has 5 aromatic rings. The number of anilines is 2. The van der Waals surface area contributed by atoms with Gasteiger partial charge in [0.1, 0.15) is 34.9 Å². The minimum atomic E-state index is -0.129. The zero-order valence-electron chi connectivity index (χ0n) is 26.2. The highest BCUT2D eigenvalue weighted by Crippen LogP contribution is 2.36. The largest absolute Gasteiger partial charge is 0.466 e. The van der Waals surface area contributed by atoms with Crippen LogP contribution in [0.1, 0.15) is 60.3 Å². The Bertz CT molecular complexity index is 2020. The lowest BCUT2D eigenvalue weighted by Crippen LogP contribution is -2.24. The minimum Gasteiger partial charge on any atom is -0.466 e. The summed E-state index contributed by atoms with van der Waals surface area (Å²) in [5.41, 5.74) is 9.29. The molecule has 1 aliphatic heterocycles. The summed E-state index contributed by atoms with van der Waals surface area (Å²) in [5.74, 6) is 0.294. The maximum atomic E-state index is 12.3. The number of benzene rings is 1. The van der Waals surface area contributed by atoms with Crippen molar-refractivity contribution in [3.05, 3.63) is 69.6 Å². The second kappa shape index (κ2) is 13.1. The first-order valence-electron chi connectivity index (χ1n) is 16.0. The highest BCUT2D eigenvalue weighted by atomic mass is 35.5. The topological polar surface area (TPSA) is 160 Å². The molecule has 2 atom stereocenters. The number of H-pyrrole nitrogens is 2. The van der Waals surface area contributed by atoms with Gasteiger partial charge in [-0.25, -0.2) is 19.9 Å². The Balaban J connectivity index is 0.000000161. The van der Waals surface area contributed by atoms with Crippen molar-refractivity contribution in [2.24, 2.45) is 16.8 Å². The number of hydrogen-bond acceptors (Lipinski definition) is 10. The van der Waals surface area contributed by atoms with Gasteiger partial charge < -0.3 is 24.8 Å². The lowest BCUT2D eigenvalue weighted by Gasteiger charge is -2.21. The van der Waals surface area contributed by atoms with Gasteiger partial charge in [0.15, 0.2) is 0 Å². The van der Waals surface area contributed by atoms with Crippen LogP contribution in [-0.4, -0.2) is 61.3 Å². The standard InChI is InChI=1S/C21H21N5O2.C13H14ClN3O2/c1-2-28-21(27)12-4-6-17-16(8-12)18-19(23-11-24-20(18)26-17)25-15-5-3-13-9-22-10-14(13)7-15;1-2-19-13(18)7-3-4-9-8(5-7)10-11(14)15-6-16-12(10)17-9/h3,5,7,10-12H,2,4,6,8-9H2,1H3,(H2,23,24,25,26);6-7H,2-5H2,1H3,(H,15,16,17). The van der Waals surface area contributed by atoms with Crippen LogP contribution in [0.4, 0.5) is 11.5 Å². The predicted octanol–water partition coefficient (Wildman–Crippen LogP) is 5.58. The summed E-state index contributed by atoms with van der Waals surface area (Å²) in [6.07, 6.45) is 9.39. The summed E-state index contributed by atoms with van der Waals surface area (Å²) in [5, 5.41) is 5.67. The summed E-state index contributed by atoms with van der Waals surface area (Å²) in [7, 11) is 0. The molecule has 13 heteroatoms. The molecule has 0 radical (unpaired) electrons. The molecule has 3 aliphatic rings. The van der Waals surface area contributed by atoms with Crippen LogP contribution in [0.5, 0.6) is 0 Å². The number of aliphatic imine (C=N–C) groups is 1. The number of halogens is 1. The van der Waals surface area contributed by atoms with Crippen LogP contribution in [0, 0.1) is 11.8 Å². The zero-order chi connectivity index (χ0) is 32.5. The van der Waals surface area contributed by atoms with E-state index in [-0.39, 0.29) is 23.8 Å². The number of aromatic nitrogens is 6. The van der Waals surface area contributed by atoms with E-state index < -0.39 is 0 Å². The second-order valence-electron chi connectivity index (χ2n) is 11.9. The number of aryl methyl sites for hydroxylation is 2. The van der Waals surface area contributed by atoms with Crippen molar-refractivity contribution in [2.75, 3.05) is 18.5 Å². The third-order valence-electron chi connectivity index (χ3n) is 9.05. The molecule has 8 rings (SSSR count). The SMILES string of the molecule is CCOC(=O)C1CCc2[nH]c3ncnc(Cl)c3c2C1.CCOC(=O)C1CCc2[nH]c3ncnc(Nc4ccc5c(c4)C=NC5)c3c2C1. The molecule has 0 saturated heterocycles. The molecule has 47 heavy (non-hydrogen) atoms. The van der Waals surface area contributed by atoms with Crippen molar-refractivity contribution in [2.45, 2.75) is 58.9 Å². The van der Waals surface area contributed by atoms with Crippen LogP contribution in [-0.2, 0) is 51.3 Å². The highest BCUT2D eigenvalue weighted by Gasteiger charge is 2.31. The van der Waals surface area contributed by atoms with Crippen LogP contribution >= 0.6 is 11.6 Å². The smallest absolute Gasteiger partial charge is 0.309 e. The van der Waals surface area contributed by atoms with Gasteiger partial charge in [0.2, 0.25) is 0 Å². The van der Waals surface area contributed by atoms with Gasteiger partial charge in [0.05, 0.1) is 42.4 Å². The molecule has 2 aliphatic carbocycles. The fourth-order valence-corrected chi connectivity index (χ4v) is 7.02. The number of aromatic amines is 2. The molecular weight excluding hydrogens is 620 g/mol. The van der Waals surface area contributed by atoms with Crippen LogP contribution in [0.25, 0.3) is 22.1 Å². The normalized spacial score (nSPS) is 17.8. The Morgan fingerprint density at radius 1 is 0.872 bits per heavy atom. The van der Waals surface area contributed by atoms with E-state index >= 15 is 0 Å². The van der Waals surface area contributed by atoms with Gasteiger partial charge in [-0.3, -0.25) is 14.6 Å². The average Bonchev–Trinajstić information content (AvgIpc) is 3.80. The number of fused-ring (bicyclic) bond motifs is 7. The van der Waals surface area contributed by atoms with Crippen LogP contribution in [0.2, 0.25) is 5.15 Å². The Morgan fingerprint density at radius 3 is 2.15 bits per heavy atom. The Kier molecular flexibility index (Phi) is 8.59. The Morgan fingerprint density at radius 2 is 1.49 bits per heavy atom. The van der Waals surface area contributed by atoms with Crippen LogP contribution in [0.15, 0.2) is 35.8 Å². The van der Waals surface area contributed by atoms with E-state index in [0.29, 0.717) is 31.2 Å². The maximum absolute atomic E-state index is 12.3. The van der Waals surface area contributed by atoms with E-state index in [9.17, 15) is 9.59 Å². The summed E-state index contributed by atoms with van der Waals surface area (Å²) in [6, 6.07) is 6.22. The maximum Gasteiger partial charge on any atom is 0.309 e. The Hall–Kier alpha value is -4.84. The van der Waals surface area contributed by atoms with Gasteiger partial charge in [-0.2, -0.15) is 0 Å². The van der Waals surface area contributed by atoms with Crippen molar-refractivity contribution >= 4 is 63.3 Å². The van der Waals surface area contributed by atoms with Gasteiger partial charge in [-0.15, -0.1) is 0 Å². The number of carbonyl (C=O) groups is 2. The summed E-state index contributed by atoms with van der Waals surface area (Å²) < 4.78 is 10.3. The van der Waals surface area contributed by atoms with Gasteiger partial charge in [-0.1, -0.05) is 17.7 Å². The fourth-order valence-electron chi connectivity index (χ4n) is 6.78. The number of ether oxygens (including phenoxy) is 2. The third-order valence-corrected chi connectivity index (χ3v) is 9.33. The molecule has 0 saturated carbocycles. The summed E-state index contributed by atoms with van der Waals surface area (Å²) in [4.78, 5) is 52.2. The van der Waals surface area contributed by atoms with E-state index in [1.807, 2.05) is 26.1 Å². The number of nitrogens with zero attached hydrogens (tertiary/aromatic N) is 5. The van der Waals surface area contributed by atoms with Gasteiger partial charge in [0, 0.05) is 23.3 Å². The summed E-state index contributed by atoms with van der Waals surface area (Å²) in [6.45, 7) is 5.24. The predicted molar refractivity (Wildman–Crippen MR) is 178 cm³/mol. The molecule has 0 fully saturated rings. The molecule has 5 heterocycles. The number of nitrogens with one attached hydrogen (secondary N) is 3. The number of rotatable bonds is 6. The lowest BCUT2D eigenvalue weighted by molar-refractivity contribution is -0.149. The van der Waals surface area contributed by atoms with Crippen molar-refractivity contribution < 1.29 is 19.1 Å². The van der Waals surface area contributed by atoms with E-state index in [0.717, 1.165) is 93.9 Å². The van der Waals surface area contributed by atoms with Crippen molar-refractivity contribution in [1.29, 1.82) is 0 Å². The average molecular weight is 655 g/mol. The third kappa shape index (κ3) is 6.05. The zero-order valence-corrected chi connectivity index (χ0v) is 27.0. The first kappa shape index (κ1) is 30.8. The molecular formula is C34H35ClN8O4. The van der Waals surface area contributed by atoms with E-state index in [1.165, 1.54) is 11.9 Å². The van der Waals surface area contributed by atoms with Crippen LogP contribution < -0.4 is 5.32 Å². The van der Waals surface area contributed by atoms with E-state index in [1.54, 1.807) is 6.33 Å². The first-order valence-corrected chi connectivity index (χ1v) is 16.4. The number of carbonyl (C=O) groups excluding carboxylic acids is 2. The summed E-state index contributed by atoms with van der Waals surface area (Å²) >= 11 is 6.14. The molecule has 4 aromatic heterocycles. The molecule has 0 amide bonds.